The minimum Gasteiger partial charge on any atom is -0.451 e. The second-order valence-corrected chi connectivity index (χ2v) is 10.2. The van der Waals surface area contributed by atoms with Crippen LogP contribution in [0.3, 0.4) is 0 Å². The summed E-state index contributed by atoms with van der Waals surface area (Å²) in [7, 11) is 0. The number of benzene rings is 2. The number of amides is 1. The summed E-state index contributed by atoms with van der Waals surface area (Å²) in [6, 6.07) is 11.0. The van der Waals surface area contributed by atoms with Crippen molar-refractivity contribution in [2.45, 2.75) is 6.54 Å². The van der Waals surface area contributed by atoms with E-state index in [1.165, 1.54) is 64.5 Å². The van der Waals surface area contributed by atoms with E-state index in [-0.39, 0.29) is 33.5 Å². The summed E-state index contributed by atoms with van der Waals surface area (Å²) in [5, 5.41) is 23.6. The van der Waals surface area contributed by atoms with Gasteiger partial charge in [-0.1, -0.05) is 16.8 Å². The average Bonchev–Trinajstić information content (AvgIpc) is 3.62. The Balaban J connectivity index is 1.32. The number of anilines is 1. The number of halogens is 3. The summed E-state index contributed by atoms with van der Waals surface area (Å²) in [6.07, 6.45) is 1.59. The van der Waals surface area contributed by atoms with Gasteiger partial charge in [0.2, 0.25) is 0 Å². The Kier molecular flexibility index (Phi) is 6.82. The molecule has 186 valence electrons. The molecule has 0 unspecified atom stereocenters. The number of thiazole rings is 1. The topological polar surface area (TPSA) is 129 Å². The molecule has 0 fully saturated rings. The van der Waals surface area contributed by atoms with Gasteiger partial charge in [-0.15, -0.1) is 16.4 Å². The van der Waals surface area contributed by atoms with E-state index in [0.717, 1.165) is 9.61 Å². The molecule has 0 saturated heterocycles. The summed E-state index contributed by atoms with van der Waals surface area (Å²) < 4.78 is 22.5. The fourth-order valence-electron chi connectivity index (χ4n) is 3.43. The lowest BCUT2D eigenvalue weighted by Crippen LogP contribution is -2.11. The number of aromatic nitrogens is 4. The maximum Gasteiger partial charge on any atom is 0.291 e. The lowest BCUT2D eigenvalue weighted by atomic mass is 10.1. The van der Waals surface area contributed by atoms with E-state index in [2.05, 4.69) is 36.5 Å². The van der Waals surface area contributed by atoms with E-state index in [1.54, 1.807) is 6.20 Å². The first-order chi connectivity index (χ1) is 17.8. The standard InChI is InChI=1S/C23H13BrClFN6O4S/c24-23-28-13(11-37-23)9-31-10-19(29-30-31)16-7-12(1-4-18(16)26)27-22(33)21-6-5-20(36-21)15-3-2-14(32(34)35)8-17(15)25/h1-8,10-11H,9H2,(H,27,33). The minimum absolute atomic E-state index is 0.0318. The first-order valence-electron chi connectivity index (χ1n) is 10.4. The number of nitro groups is 1. The van der Waals surface area contributed by atoms with Crippen molar-refractivity contribution in [3.63, 3.8) is 0 Å². The third kappa shape index (κ3) is 5.43. The van der Waals surface area contributed by atoms with E-state index in [1.807, 2.05) is 5.38 Å². The number of hydrogen-bond acceptors (Lipinski definition) is 8. The molecule has 5 aromatic rings. The van der Waals surface area contributed by atoms with Crippen molar-refractivity contribution >= 4 is 56.1 Å². The quantitative estimate of drug-likeness (QED) is 0.168. The molecule has 0 aliphatic heterocycles. The van der Waals surface area contributed by atoms with Gasteiger partial charge in [0.15, 0.2) is 9.68 Å². The Morgan fingerprint density at radius 3 is 2.78 bits per heavy atom. The molecule has 0 aliphatic rings. The van der Waals surface area contributed by atoms with E-state index >= 15 is 0 Å². The van der Waals surface area contributed by atoms with Gasteiger partial charge in [-0.05, 0) is 52.3 Å². The molecule has 0 bridgehead atoms. The number of non-ortho nitro benzene ring substituents is 1. The van der Waals surface area contributed by atoms with Gasteiger partial charge < -0.3 is 9.73 Å². The van der Waals surface area contributed by atoms with Gasteiger partial charge in [0.05, 0.1) is 28.4 Å². The maximum atomic E-state index is 14.6. The summed E-state index contributed by atoms with van der Waals surface area (Å²) in [5.41, 5.74) is 1.76. The summed E-state index contributed by atoms with van der Waals surface area (Å²) in [6.45, 7) is 0.368. The first kappa shape index (κ1) is 24.7. The highest BCUT2D eigenvalue weighted by molar-refractivity contribution is 9.11. The molecule has 0 saturated carbocycles. The number of carbonyl (C=O) groups is 1. The van der Waals surface area contributed by atoms with Gasteiger partial charge in [0, 0.05) is 34.3 Å². The number of rotatable bonds is 7. The molecule has 1 amide bonds. The molecular formula is C23H13BrClFN6O4S. The monoisotopic (exact) mass is 602 g/mol. The maximum absolute atomic E-state index is 14.6. The van der Waals surface area contributed by atoms with E-state index < -0.39 is 16.6 Å². The average molecular weight is 604 g/mol. The van der Waals surface area contributed by atoms with Crippen LogP contribution in [-0.2, 0) is 6.54 Å². The molecule has 3 heterocycles. The van der Waals surface area contributed by atoms with Gasteiger partial charge >= 0.3 is 0 Å². The Hall–Kier alpha value is -3.94. The van der Waals surface area contributed by atoms with Crippen molar-refractivity contribution in [1.82, 2.24) is 20.0 Å². The molecule has 0 spiro atoms. The summed E-state index contributed by atoms with van der Waals surface area (Å²) >= 11 is 10.9. The van der Waals surface area contributed by atoms with Gasteiger partial charge in [0.1, 0.15) is 17.3 Å². The van der Waals surface area contributed by atoms with Crippen molar-refractivity contribution in [1.29, 1.82) is 0 Å². The number of hydrogen-bond donors (Lipinski definition) is 1. The van der Waals surface area contributed by atoms with Crippen LogP contribution >= 0.6 is 38.9 Å². The highest BCUT2D eigenvalue weighted by atomic mass is 79.9. The fourth-order valence-corrected chi connectivity index (χ4v) is 4.74. The van der Waals surface area contributed by atoms with E-state index in [4.69, 9.17) is 16.0 Å². The van der Waals surface area contributed by atoms with Crippen molar-refractivity contribution in [3.05, 3.63) is 96.4 Å². The van der Waals surface area contributed by atoms with Crippen LogP contribution in [-0.4, -0.2) is 30.8 Å². The molecule has 14 heteroatoms. The number of furan rings is 1. The third-order valence-electron chi connectivity index (χ3n) is 5.15. The smallest absolute Gasteiger partial charge is 0.291 e. The van der Waals surface area contributed by atoms with Crippen molar-refractivity contribution in [2.75, 3.05) is 5.32 Å². The number of nitro benzene ring substituents is 1. The SMILES string of the molecule is O=C(Nc1ccc(F)c(-c2cn(Cc3csc(Br)n3)nn2)c1)c1ccc(-c2ccc([N+](=O)[O-])cc2Cl)o1. The zero-order valence-corrected chi connectivity index (χ0v) is 21.6. The van der Waals surface area contributed by atoms with Crippen LogP contribution in [0.25, 0.3) is 22.6 Å². The van der Waals surface area contributed by atoms with Crippen LogP contribution in [0, 0.1) is 15.9 Å². The molecule has 2 aromatic carbocycles. The largest absolute Gasteiger partial charge is 0.451 e. The minimum atomic E-state index is -0.584. The predicted octanol–water partition coefficient (Wildman–Crippen LogP) is 6.43. The number of nitrogens with one attached hydrogen (secondary N) is 1. The molecular weight excluding hydrogens is 591 g/mol. The van der Waals surface area contributed by atoms with E-state index in [0.29, 0.717) is 17.8 Å². The molecule has 0 aliphatic carbocycles. The molecule has 1 N–H and O–H groups in total. The second kappa shape index (κ2) is 10.2. The van der Waals surface area contributed by atoms with Gasteiger partial charge in [-0.3, -0.25) is 14.9 Å². The fraction of sp³-hybridized carbons (Fsp3) is 0.0435. The first-order valence-corrected chi connectivity index (χ1v) is 12.5. The molecule has 10 nitrogen and oxygen atoms in total. The number of carbonyl (C=O) groups excluding carboxylic acids is 1. The van der Waals surface area contributed by atoms with Gasteiger partial charge in [-0.2, -0.15) is 0 Å². The van der Waals surface area contributed by atoms with Gasteiger partial charge in [-0.25, -0.2) is 14.1 Å². The lowest BCUT2D eigenvalue weighted by molar-refractivity contribution is -0.384. The third-order valence-corrected chi connectivity index (χ3v) is 6.87. The Labute approximate surface area is 225 Å². The van der Waals surface area contributed by atoms with Gasteiger partial charge in [0.25, 0.3) is 11.6 Å². The van der Waals surface area contributed by atoms with Crippen LogP contribution < -0.4 is 5.32 Å². The van der Waals surface area contributed by atoms with Crippen molar-refractivity contribution in [2.24, 2.45) is 0 Å². The van der Waals surface area contributed by atoms with Crippen LogP contribution in [0.4, 0.5) is 15.8 Å². The zero-order valence-electron chi connectivity index (χ0n) is 18.4. The van der Waals surface area contributed by atoms with Crippen molar-refractivity contribution in [3.8, 4) is 22.6 Å². The highest BCUT2D eigenvalue weighted by Gasteiger charge is 2.18. The van der Waals surface area contributed by atoms with Crippen LogP contribution in [0.2, 0.25) is 5.02 Å². The molecule has 0 atom stereocenters. The Morgan fingerprint density at radius 2 is 2.05 bits per heavy atom. The van der Waals surface area contributed by atoms with E-state index in [9.17, 15) is 19.3 Å². The molecule has 5 rings (SSSR count). The number of nitrogens with zero attached hydrogens (tertiary/aromatic N) is 5. The lowest BCUT2D eigenvalue weighted by Gasteiger charge is -2.06. The Morgan fingerprint density at radius 1 is 1.22 bits per heavy atom. The van der Waals surface area contributed by atoms with Crippen LogP contribution in [0.1, 0.15) is 16.2 Å². The highest BCUT2D eigenvalue weighted by Crippen LogP contribution is 2.32. The summed E-state index contributed by atoms with van der Waals surface area (Å²) in [4.78, 5) is 27.4. The normalized spacial score (nSPS) is 11.0. The molecule has 37 heavy (non-hydrogen) atoms. The zero-order chi connectivity index (χ0) is 26.1. The van der Waals surface area contributed by atoms with Crippen LogP contribution in [0.5, 0.6) is 0 Å². The molecule has 0 radical (unpaired) electrons. The summed E-state index contributed by atoms with van der Waals surface area (Å²) in [5.74, 6) is -0.890. The molecule has 3 aromatic heterocycles. The van der Waals surface area contributed by atoms with Crippen LogP contribution in [0.15, 0.2) is 68.4 Å². The van der Waals surface area contributed by atoms with Crippen molar-refractivity contribution < 1.29 is 18.5 Å². The predicted molar refractivity (Wildman–Crippen MR) is 138 cm³/mol. The Bertz CT molecular complexity index is 1650. The second-order valence-electron chi connectivity index (χ2n) is 7.63.